The minimum Gasteiger partial charge on any atom is -0.497 e. The molecule has 0 spiro atoms. The van der Waals surface area contributed by atoms with Gasteiger partial charge in [-0.05, 0) is 36.5 Å². The highest BCUT2D eigenvalue weighted by Crippen LogP contribution is 2.11. The fourth-order valence-electron chi connectivity index (χ4n) is 2.24. The van der Waals surface area contributed by atoms with Crippen molar-refractivity contribution in [1.29, 1.82) is 0 Å². The lowest BCUT2D eigenvalue weighted by Gasteiger charge is -2.14. The fourth-order valence-corrected chi connectivity index (χ4v) is 2.24. The Balaban J connectivity index is 2.45. The van der Waals surface area contributed by atoms with Crippen LogP contribution >= 0.6 is 0 Å². The fraction of sp³-hybridized carbons (Fsp3) is 0.619. The lowest BCUT2D eigenvalue weighted by Crippen LogP contribution is -2.41. The molecule has 7 heteroatoms. The van der Waals surface area contributed by atoms with Gasteiger partial charge in [-0.3, -0.25) is 4.79 Å². The van der Waals surface area contributed by atoms with E-state index in [1.54, 1.807) is 21.2 Å². The lowest BCUT2D eigenvalue weighted by molar-refractivity contribution is -0.127. The summed E-state index contributed by atoms with van der Waals surface area (Å²) in [6.45, 7) is 7.19. The molecule has 0 bridgehead atoms. The first-order valence-electron chi connectivity index (χ1n) is 9.85. The zero-order valence-electron chi connectivity index (χ0n) is 18.0. The van der Waals surface area contributed by atoms with Crippen molar-refractivity contribution in [2.45, 2.75) is 26.7 Å². The molecule has 0 aliphatic heterocycles. The normalized spacial score (nSPS) is 11.4. The number of rotatable bonds is 12. The molecule has 7 nitrogen and oxygen atoms in total. The van der Waals surface area contributed by atoms with Gasteiger partial charge in [-0.15, -0.1) is 0 Å². The summed E-state index contributed by atoms with van der Waals surface area (Å²) in [4.78, 5) is 17.7. The van der Waals surface area contributed by atoms with Crippen LogP contribution in [0.25, 0.3) is 0 Å². The standard InChI is InChI=1S/C21H36N4O3/c1-17(2)11-14-28-15-13-23-21(24-16-20(26)25(3)4)22-12-10-18-6-8-19(27-5)9-7-18/h6-9,17H,10-16H2,1-5H3,(H2,22,23,24). The van der Waals surface area contributed by atoms with Crippen LogP contribution in [0.2, 0.25) is 0 Å². The molecule has 1 aromatic carbocycles. The number of benzene rings is 1. The average molecular weight is 393 g/mol. The van der Waals surface area contributed by atoms with E-state index in [2.05, 4.69) is 29.5 Å². The number of carbonyl (C=O) groups is 1. The molecule has 0 saturated heterocycles. The quantitative estimate of drug-likeness (QED) is 0.323. The topological polar surface area (TPSA) is 75.2 Å². The first-order valence-corrected chi connectivity index (χ1v) is 9.85. The van der Waals surface area contributed by atoms with Gasteiger partial charge in [0.15, 0.2) is 5.96 Å². The first kappa shape index (κ1) is 23.8. The Bertz CT molecular complexity index is 586. The van der Waals surface area contributed by atoms with Crippen LogP contribution in [0.15, 0.2) is 29.3 Å². The smallest absolute Gasteiger partial charge is 0.243 e. The van der Waals surface area contributed by atoms with E-state index in [0.717, 1.165) is 25.2 Å². The van der Waals surface area contributed by atoms with Crippen LogP contribution in [-0.2, 0) is 16.0 Å². The van der Waals surface area contributed by atoms with Gasteiger partial charge in [0.2, 0.25) is 5.91 Å². The number of nitrogens with one attached hydrogen (secondary N) is 2. The van der Waals surface area contributed by atoms with E-state index in [-0.39, 0.29) is 12.5 Å². The van der Waals surface area contributed by atoms with E-state index in [4.69, 9.17) is 9.47 Å². The maximum atomic E-state index is 11.8. The number of ether oxygens (including phenoxy) is 2. The predicted molar refractivity (Wildman–Crippen MR) is 114 cm³/mol. The number of aliphatic imine (C=N–C) groups is 1. The predicted octanol–water partition coefficient (Wildman–Crippen LogP) is 1.92. The van der Waals surface area contributed by atoms with Gasteiger partial charge in [0.25, 0.3) is 0 Å². The van der Waals surface area contributed by atoms with Crippen molar-refractivity contribution in [3.8, 4) is 5.75 Å². The minimum atomic E-state index is -0.0376. The van der Waals surface area contributed by atoms with E-state index < -0.39 is 0 Å². The molecule has 1 aromatic rings. The Kier molecular flexibility index (Phi) is 11.7. The van der Waals surface area contributed by atoms with Gasteiger partial charge in [0.05, 0.1) is 13.7 Å². The highest BCUT2D eigenvalue weighted by Gasteiger charge is 2.05. The van der Waals surface area contributed by atoms with Crippen LogP contribution in [0.3, 0.4) is 0 Å². The molecule has 0 fully saturated rings. The number of methoxy groups -OCH3 is 1. The maximum Gasteiger partial charge on any atom is 0.243 e. The van der Waals surface area contributed by atoms with E-state index in [1.807, 2.05) is 24.3 Å². The molecule has 158 valence electrons. The van der Waals surface area contributed by atoms with Crippen LogP contribution in [0.5, 0.6) is 5.75 Å². The highest BCUT2D eigenvalue weighted by atomic mass is 16.5. The maximum absolute atomic E-state index is 11.8. The molecular formula is C21H36N4O3. The second-order valence-electron chi connectivity index (χ2n) is 7.20. The van der Waals surface area contributed by atoms with Crippen molar-refractivity contribution in [2.24, 2.45) is 10.9 Å². The molecule has 2 N–H and O–H groups in total. The van der Waals surface area contributed by atoms with Crippen LogP contribution in [-0.4, -0.2) is 70.8 Å². The third kappa shape index (κ3) is 10.8. The molecule has 0 aromatic heterocycles. The molecule has 28 heavy (non-hydrogen) atoms. The number of likely N-dealkylation sites (N-methyl/N-ethyl adjacent to an activating group) is 1. The molecule has 1 amide bonds. The van der Waals surface area contributed by atoms with E-state index >= 15 is 0 Å². The second-order valence-corrected chi connectivity index (χ2v) is 7.20. The SMILES string of the molecule is COc1ccc(CCNC(=NCC(=O)N(C)C)NCCOCCC(C)C)cc1. The molecule has 0 heterocycles. The van der Waals surface area contributed by atoms with Gasteiger partial charge in [-0.1, -0.05) is 26.0 Å². The van der Waals surface area contributed by atoms with Gasteiger partial charge in [0, 0.05) is 33.8 Å². The third-order valence-electron chi connectivity index (χ3n) is 4.11. The zero-order chi connectivity index (χ0) is 20.8. The third-order valence-corrected chi connectivity index (χ3v) is 4.11. The van der Waals surface area contributed by atoms with Crippen LogP contribution in [0.4, 0.5) is 0 Å². The summed E-state index contributed by atoms with van der Waals surface area (Å²) in [5.74, 6) is 2.07. The summed E-state index contributed by atoms with van der Waals surface area (Å²) in [5, 5.41) is 6.51. The van der Waals surface area contributed by atoms with Crippen molar-refractivity contribution in [3.63, 3.8) is 0 Å². The highest BCUT2D eigenvalue weighted by molar-refractivity contribution is 5.84. The van der Waals surface area contributed by atoms with Crippen molar-refractivity contribution >= 4 is 11.9 Å². The largest absolute Gasteiger partial charge is 0.497 e. The summed E-state index contributed by atoms with van der Waals surface area (Å²) < 4.78 is 10.8. The molecule has 0 unspecified atom stereocenters. The van der Waals surface area contributed by atoms with Crippen molar-refractivity contribution in [3.05, 3.63) is 29.8 Å². The number of hydrogen-bond donors (Lipinski definition) is 2. The minimum absolute atomic E-state index is 0.0376. The van der Waals surface area contributed by atoms with Gasteiger partial charge >= 0.3 is 0 Å². The van der Waals surface area contributed by atoms with Gasteiger partial charge in [-0.2, -0.15) is 0 Å². The summed E-state index contributed by atoms with van der Waals surface area (Å²) in [6, 6.07) is 7.99. The Hall–Kier alpha value is -2.28. The number of amides is 1. The van der Waals surface area contributed by atoms with E-state index in [9.17, 15) is 4.79 Å². The number of hydrogen-bond acceptors (Lipinski definition) is 4. The number of nitrogens with zero attached hydrogens (tertiary/aromatic N) is 2. The lowest BCUT2D eigenvalue weighted by atomic mass is 10.1. The Morgan fingerprint density at radius 3 is 2.39 bits per heavy atom. The van der Waals surface area contributed by atoms with Crippen LogP contribution < -0.4 is 15.4 Å². The number of guanidine groups is 1. The Labute approximate surface area is 169 Å². The first-order chi connectivity index (χ1) is 13.4. The zero-order valence-corrected chi connectivity index (χ0v) is 18.0. The molecular weight excluding hydrogens is 356 g/mol. The van der Waals surface area contributed by atoms with E-state index in [0.29, 0.717) is 31.6 Å². The summed E-state index contributed by atoms with van der Waals surface area (Å²) >= 11 is 0. The number of carbonyl (C=O) groups excluding carboxylic acids is 1. The summed E-state index contributed by atoms with van der Waals surface area (Å²) in [5.41, 5.74) is 1.20. The average Bonchev–Trinajstić information content (AvgIpc) is 2.68. The molecule has 0 atom stereocenters. The van der Waals surface area contributed by atoms with Crippen molar-refractivity contribution in [2.75, 3.05) is 54.1 Å². The van der Waals surface area contributed by atoms with Gasteiger partial charge in [-0.25, -0.2) is 4.99 Å². The second kappa shape index (κ2) is 13.8. The Morgan fingerprint density at radius 2 is 1.79 bits per heavy atom. The monoisotopic (exact) mass is 392 g/mol. The summed E-state index contributed by atoms with van der Waals surface area (Å²) in [7, 11) is 5.11. The molecule has 0 aliphatic carbocycles. The van der Waals surface area contributed by atoms with Gasteiger partial charge in [0.1, 0.15) is 12.3 Å². The summed E-state index contributed by atoms with van der Waals surface area (Å²) in [6.07, 6.45) is 1.90. The Morgan fingerprint density at radius 1 is 1.11 bits per heavy atom. The molecule has 0 saturated carbocycles. The van der Waals surface area contributed by atoms with Gasteiger partial charge < -0.3 is 25.0 Å². The molecule has 0 aliphatic rings. The van der Waals surface area contributed by atoms with Crippen LogP contribution in [0, 0.1) is 5.92 Å². The van der Waals surface area contributed by atoms with Crippen molar-refractivity contribution in [1.82, 2.24) is 15.5 Å². The van der Waals surface area contributed by atoms with Crippen molar-refractivity contribution < 1.29 is 14.3 Å². The molecule has 0 radical (unpaired) electrons. The molecule has 1 rings (SSSR count). The van der Waals surface area contributed by atoms with Crippen LogP contribution in [0.1, 0.15) is 25.8 Å². The van der Waals surface area contributed by atoms with E-state index in [1.165, 1.54) is 10.5 Å².